The van der Waals surface area contributed by atoms with Crippen LogP contribution >= 0.6 is 0 Å². The lowest BCUT2D eigenvalue weighted by Gasteiger charge is -2.17. The maximum absolute atomic E-state index is 12.1. The van der Waals surface area contributed by atoms with Crippen LogP contribution in [0.1, 0.15) is 23.7 Å². The first kappa shape index (κ1) is 17.6. The predicted molar refractivity (Wildman–Crippen MR) is 88.6 cm³/mol. The summed E-state index contributed by atoms with van der Waals surface area (Å²) >= 11 is 0. The number of nitrogens with one attached hydrogen (secondary N) is 3. The minimum absolute atomic E-state index is 0.143. The summed E-state index contributed by atoms with van der Waals surface area (Å²) in [6.07, 6.45) is 2.92. The van der Waals surface area contributed by atoms with E-state index in [-0.39, 0.29) is 17.2 Å². The molecule has 8 heteroatoms. The highest BCUT2D eigenvalue weighted by molar-refractivity contribution is 5.97. The zero-order valence-electron chi connectivity index (χ0n) is 13.4. The Bertz CT molecular complexity index is 672. The molecule has 0 fully saturated rings. The van der Waals surface area contributed by atoms with Gasteiger partial charge in [-0.15, -0.1) is 0 Å². The fourth-order valence-electron chi connectivity index (χ4n) is 2.29. The Labute approximate surface area is 139 Å². The van der Waals surface area contributed by atoms with Gasteiger partial charge in [0.1, 0.15) is 6.04 Å². The average molecular weight is 332 g/mol. The van der Waals surface area contributed by atoms with Gasteiger partial charge in [0.2, 0.25) is 5.91 Å². The van der Waals surface area contributed by atoms with Gasteiger partial charge in [-0.25, -0.2) is 0 Å². The topological polar surface area (TPSA) is 113 Å². The number of nitrogens with zero attached hydrogens (tertiary/aromatic N) is 1. The number of carbonyl (C=O) groups is 2. The third-order valence-electron chi connectivity index (χ3n) is 3.71. The van der Waals surface area contributed by atoms with Crippen LogP contribution in [0.4, 0.5) is 5.69 Å². The fourth-order valence-corrected chi connectivity index (χ4v) is 2.29. The molecule has 0 bridgehead atoms. The highest BCUT2D eigenvalue weighted by Crippen LogP contribution is 2.13. The number of hydrogen-bond acceptors (Lipinski definition) is 5. The van der Waals surface area contributed by atoms with E-state index < -0.39 is 16.9 Å². The number of rotatable bonds is 6. The van der Waals surface area contributed by atoms with E-state index in [1.54, 1.807) is 6.92 Å². The zero-order chi connectivity index (χ0) is 17.5. The van der Waals surface area contributed by atoms with Crippen LogP contribution in [0.3, 0.4) is 0 Å². The molecular formula is C16H20N4O4. The molecule has 0 radical (unpaired) electrons. The van der Waals surface area contributed by atoms with E-state index in [1.807, 2.05) is 6.08 Å². The van der Waals surface area contributed by atoms with Crippen LogP contribution in [-0.4, -0.2) is 42.4 Å². The van der Waals surface area contributed by atoms with E-state index in [4.69, 9.17) is 0 Å². The molecule has 1 aliphatic rings. The van der Waals surface area contributed by atoms with Crippen molar-refractivity contribution in [1.29, 1.82) is 0 Å². The van der Waals surface area contributed by atoms with E-state index >= 15 is 0 Å². The van der Waals surface area contributed by atoms with Gasteiger partial charge >= 0.3 is 0 Å². The summed E-state index contributed by atoms with van der Waals surface area (Å²) in [6.45, 7) is 3.71. The first-order valence-corrected chi connectivity index (χ1v) is 7.69. The number of nitro groups is 1. The molecule has 24 heavy (non-hydrogen) atoms. The van der Waals surface area contributed by atoms with Crippen molar-refractivity contribution in [1.82, 2.24) is 16.0 Å². The third-order valence-corrected chi connectivity index (χ3v) is 3.71. The maximum atomic E-state index is 12.1. The minimum Gasteiger partial charge on any atom is -0.351 e. The second kappa shape index (κ2) is 8.21. The van der Waals surface area contributed by atoms with E-state index in [1.165, 1.54) is 24.3 Å². The molecule has 0 saturated carbocycles. The molecule has 1 heterocycles. The number of nitro benzene ring substituents is 1. The van der Waals surface area contributed by atoms with Crippen molar-refractivity contribution in [3.05, 3.63) is 51.6 Å². The Kier molecular flexibility index (Phi) is 6.02. The van der Waals surface area contributed by atoms with Crippen molar-refractivity contribution in [2.75, 3.05) is 19.6 Å². The summed E-state index contributed by atoms with van der Waals surface area (Å²) in [6, 6.07) is 4.65. The predicted octanol–water partition coefficient (Wildman–Crippen LogP) is 0.749. The molecule has 1 aromatic carbocycles. The SMILES string of the molecule is CC(NC(=O)c1cccc([N+](=O)[O-])c1)C(=O)NCC1=CCNCC1. The Morgan fingerprint density at radius 1 is 1.42 bits per heavy atom. The van der Waals surface area contributed by atoms with Crippen molar-refractivity contribution < 1.29 is 14.5 Å². The first-order valence-electron chi connectivity index (χ1n) is 7.69. The second-order valence-corrected chi connectivity index (χ2v) is 5.54. The molecule has 3 N–H and O–H groups in total. The number of amides is 2. The van der Waals surface area contributed by atoms with Gasteiger partial charge < -0.3 is 16.0 Å². The van der Waals surface area contributed by atoms with Crippen LogP contribution < -0.4 is 16.0 Å². The van der Waals surface area contributed by atoms with Crippen LogP contribution in [-0.2, 0) is 4.79 Å². The van der Waals surface area contributed by atoms with Crippen LogP contribution in [0.2, 0.25) is 0 Å². The van der Waals surface area contributed by atoms with Crippen molar-refractivity contribution >= 4 is 17.5 Å². The number of non-ortho nitro benzene ring substituents is 1. The highest BCUT2D eigenvalue weighted by Gasteiger charge is 2.18. The van der Waals surface area contributed by atoms with Gasteiger partial charge in [0, 0.05) is 30.8 Å². The number of carbonyl (C=O) groups excluding carboxylic acids is 2. The van der Waals surface area contributed by atoms with Gasteiger partial charge in [0.15, 0.2) is 0 Å². The zero-order valence-corrected chi connectivity index (χ0v) is 13.4. The summed E-state index contributed by atoms with van der Waals surface area (Å²) in [7, 11) is 0. The fraction of sp³-hybridized carbons (Fsp3) is 0.375. The first-order chi connectivity index (χ1) is 11.5. The highest BCUT2D eigenvalue weighted by atomic mass is 16.6. The van der Waals surface area contributed by atoms with Crippen molar-refractivity contribution in [3.63, 3.8) is 0 Å². The van der Waals surface area contributed by atoms with Crippen molar-refractivity contribution in [2.45, 2.75) is 19.4 Å². The summed E-state index contributed by atoms with van der Waals surface area (Å²) in [5.74, 6) is -0.823. The lowest BCUT2D eigenvalue weighted by Crippen LogP contribution is -2.45. The largest absolute Gasteiger partial charge is 0.351 e. The maximum Gasteiger partial charge on any atom is 0.270 e. The molecule has 1 aliphatic heterocycles. The molecule has 0 aliphatic carbocycles. The third kappa shape index (κ3) is 4.88. The Morgan fingerprint density at radius 2 is 2.21 bits per heavy atom. The molecule has 1 aromatic rings. The van der Waals surface area contributed by atoms with E-state index in [0.717, 1.165) is 25.1 Å². The molecule has 1 unspecified atom stereocenters. The molecule has 0 saturated heterocycles. The Morgan fingerprint density at radius 3 is 2.88 bits per heavy atom. The molecule has 0 spiro atoms. The molecule has 1 atom stereocenters. The summed E-state index contributed by atoms with van der Waals surface area (Å²) in [4.78, 5) is 34.3. The Balaban J connectivity index is 1.88. The molecule has 128 valence electrons. The monoisotopic (exact) mass is 332 g/mol. The van der Waals surface area contributed by atoms with Gasteiger partial charge in [-0.05, 0) is 26.0 Å². The Hall–Kier alpha value is -2.74. The smallest absolute Gasteiger partial charge is 0.270 e. The summed E-state index contributed by atoms with van der Waals surface area (Å²) < 4.78 is 0. The quantitative estimate of drug-likeness (QED) is 0.404. The normalized spacial score (nSPS) is 15.1. The van der Waals surface area contributed by atoms with Crippen LogP contribution in [0.25, 0.3) is 0 Å². The molecule has 2 rings (SSSR count). The lowest BCUT2D eigenvalue weighted by atomic mass is 10.1. The van der Waals surface area contributed by atoms with Gasteiger partial charge in [0.25, 0.3) is 11.6 Å². The molecular weight excluding hydrogens is 312 g/mol. The van der Waals surface area contributed by atoms with E-state index in [0.29, 0.717) is 6.54 Å². The molecule has 2 amide bonds. The van der Waals surface area contributed by atoms with Gasteiger partial charge in [-0.1, -0.05) is 17.7 Å². The molecule has 8 nitrogen and oxygen atoms in total. The second-order valence-electron chi connectivity index (χ2n) is 5.54. The number of hydrogen-bond donors (Lipinski definition) is 3. The van der Waals surface area contributed by atoms with Crippen molar-refractivity contribution in [2.24, 2.45) is 0 Å². The average Bonchev–Trinajstić information content (AvgIpc) is 2.60. The summed E-state index contributed by atoms with van der Waals surface area (Å²) in [5.41, 5.74) is 1.13. The van der Waals surface area contributed by atoms with Gasteiger partial charge in [-0.2, -0.15) is 0 Å². The lowest BCUT2D eigenvalue weighted by molar-refractivity contribution is -0.384. The summed E-state index contributed by atoms with van der Waals surface area (Å²) in [5, 5.41) is 19.3. The molecule has 0 aromatic heterocycles. The van der Waals surface area contributed by atoms with Crippen LogP contribution in [0, 0.1) is 10.1 Å². The van der Waals surface area contributed by atoms with Crippen LogP contribution in [0.15, 0.2) is 35.9 Å². The van der Waals surface area contributed by atoms with E-state index in [2.05, 4.69) is 16.0 Å². The van der Waals surface area contributed by atoms with Gasteiger partial charge in [-0.3, -0.25) is 19.7 Å². The van der Waals surface area contributed by atoms with E-state index in [9.17, 15) is 19.7 Å². The standard InChI is InChI=1S/C16H20N4O4/c1-11(15(21)18-10-12-5-7-17-8-6-12)19-16(22)13-3-2-4-14(9-13)20(23)24/h2-5,9,11,17H,6-8,10H2,1H3,(H,18,21)(H,19,22). The van der Waals surface area contributed by atoms with Gasteiger partial charge in [0.05, 0.1) is 4.92 Å². The minimum atomic E-state index is -0.737. The van der Waals surface area contributed by atoms with Crippen LogP contribution in [0.5, 0.6) is 0 Å². The van der Waals surface area contributed by atoms with Crippen molar-refractivity contribution in [3.8, 4) is 0 Å². The number of benzene rings is 1.